The fraction of sp³-hybridized carbons (Fsp3) is 0.227. The maximum absolute atomic E-state index is 13.1. The molecule has 32 heavy (non-hydrogen) atoms. The Morgan fingerprint density at radius 1 is 1.06 bits per heavy atom. The highest BCUT2D eigenvalue weighted by molar-refractivity contribution is 6.42. The minimum Gasteiger partial charge on any atom is -0.354 e. The molecule has 0 bridgehead atoms. The molecule has 0 saturated carbocycles. The first-order valence-electron chi connectivity index (χ1n) is 9.76. The number of nitriles is 1. The molecule has 1 aliphatic rings. The minimum absolute atomic E-state index is 0.0276. The summed E-state index contributed by atoms with van der Waals surface area (Å²) in [5.41, 5.74) is 1.70. The molecule has 2 atom stereocenters. The average Bonchev–Trinajstić information content (AvgIpc) is 3.24. The molecule has 2 aromatic heterocycles. The third-order valence-electron chi connectivity index (χ3n) is 5.37. The molecular formula is C22H17Cl3N6O. The molecule has 1 aliphatic heterocycles. The van der Waals surface area contributed by atoms with Gasteiger partial charge in [0.1, 0.15) is 11.8 Å². The topological polar surface area (TPSA) is 94.8 Å². The smallest absolute Gasteiger partial charge is 0.255 e. The largest absolute Gasteiger partial charge is 0.354 e. The Labute approximate surface area is 200 Å². The number of halogens is 3. The van der Waals surface area contributed by atoms with E-state index in [4.69, 9.17) is 40.1 Å². The lowest BCUT2D eigenvalue weighted by Crippen LogP contribution is -2.30. The molecule has 0 spiro atoms. The fourth-order valence-corrected chi connectivity index (χ4v) is 4.16. The van der Waals surface area contributed by atoms with Gasteiger partial charge in [-0.15, -0.1) is 0 Å². The van der Waals surface area contributed by atoms with Gasteiger partial charge in [-0.25, -0.2) is 15.0 Å². The molecule has 3 heterocycles. The average molecular weight is 488 g/mol. The highest BCUT2D eigenvalue weighted by Gasteiger charge is 2.36. The fourth-order valence-electron chi connectivity index (χ4n) is 3.76. The zero-order valence-corrected chi connectivity index (χ0v) is 18.9. The standard InChI is InChI=1S/C22H17Cl3N6O/c23-16-9-29-22(30-10-16)28-8-15-11-31(21(32)14-1-3-17(6-26)27-7-14)12-18(15)13-2-4-19(24)20(25)5-13/h1-5,7,9-10,15,18H,8,11-12H2,(H,28,29,30)/t15-,18?/m0/s1. The highest BCUT2D eigenvalue weighted by atomic mass is 35.5. The van der Waals surface area contributed by atoms with Crippen molar-refractivity contribution in [2.24, 2.45) is 5.92 Å². The summed E-state index contributed by atoms with van der Waals surface area (Å²) < 4.78 is 0. The number of nitrogens with zero attached hydrogens (tertiary/aromatic N) is 5. The summed E-state index contributed by atoms with van der Waals surface area (Å²) in [5, 5.41) is 13.6. The lowest BCUT2D eigenvalue weighted by molar-refractivity contribution is 0.0786. The monoisotopic (exact) mass is 486 g/mol. The molecule has 0 radical (unpaired) electrons. The zero-order chi connectivity index (χ0) is 22.7. The lowest BCUT2D eigenvalue weighted by atomic mass is 9.89. The van der Waals surface area contributed by atoms with Crippen molar-refractivity contribution in [3.05, 3.63) is 80.8 Å². The number of nitrogens with one attached hydrogen (secondary N) is 1. The van der Waals surface area contributed by atoms with Crippen LogP contribution in [0.4, 0.5) is 5.95 Å². The Kier molecular flexibility index (Phi) is 6.75. The van der Waals surface area contributed by atoms with Gasteiger partial charge in [-0.2, -0.15) is 5.26 Å². The van der Waals surface area contributed by atoms with Gasteiger partial charge in [0.15, 0.2) is 0 Å². The Morgan fingerprint density at radius 3 is 2.50 bits per heavy atom. The van der Waals surface area contributed by atoms with Crippen LogP contribution < -0.4 is 5.32 Å². The second-order valence-corrected chi connectivity index (χ2v) is 8.65. The van der Waals surface area contributed by atoms with Gasteiger partial charge in [0.2, 0.25) is 5.95 Å². The van der Waals surface area contributed by atoms with Crippen LogP contribution in [0.2, 0.25) is 15.1 Å². The molecule has 1 aromatic carbocycles. The normalized spacial score (nSPS) is 17.8. The van der Waals surface area contributed by atoms with Crippen LogP contribution in [0.1, 0.15) is 27.5 Å². The predicted octanol–water partition coefficient (Wildman–Crippen LogP) is 4.67. The van der Waals surface area contributed by atoms with Crippen molar-refractivity contribution in [1.82, 2.24) is 19.9 Å². The number of rotatable bonds is 5. The molecule has 1 saturated heterocycles. The summed E-state index contributed by atoms with van der Waals surface area (Å²) in [6, 6.07) is 10.7. The van der Waals surface area contributed by atoms with E-state index in [1.807, 2.05) is 18.2 Å². The summed E-state index contributed by atoms with van der Waals surface area (Å²) in [6.07, 6.45) is 4.48. The van der Waals surface area contributed by atoms with E-state index in [0.29, 0.717) is 46.2 Å². The number of anilines is 1. The van der Waals surface area contributed by atoms with E-state index < -0.39 is 0 Å². The Morgan fingerprint density at radius 2 is 1.84 bits per heavy atom. The summed E-state index contributed by atoms with van der Waals surface area (Å²) >= 11 is 18.2. The number of carbonyl (C=O) groups is 1. The van der Waals surface area contributed by atoms with Crippen molar-refractivity contribution >= 4 is 46.7 Å². The van der Waals surface area contributed by atoms with Crippen molar-refractivity contribution in [3.8, 4) is 6.07 Å². The van der Waals surface area contributed by atoms with E-state index in [1.54, 1.807) is 17.0 Å². The molecule has 10 heteroatoms. The maximum Gasteiger partial charge on any atom is 0.255 e. The molecule has 4 rings (SSSR count). The first-order chi connectivity index (χ1) is 15.4. The van der Waals surface area contributed by atoms with Crippen LogP contribution in [-0.2, 0) is 0 Å². The van der Waals surface area contributed by atoms with Crippen LogP contribution >= 0.6 is 34.8 Å². The van der Waals surface area contributed by atoms with Gasteiger partial charge in [0, 0.05) is 37.7 Å². The third kappa shape index (κ3) is 4.94. The van der Waals surface area contributed by atoms with Crippen molar-refractivity contribution in [2.75, 3.05) is 25.0 Å². The number of pyridine rings is 1. The molecule has 7 nitrogen and oxygen atoms in total. The van der Waals surface area contributed by atoms with Crippen molar-refractivity contribution < 1.29 is 4.79 Å². The van der Waals surface area contributed by atoms with Gasteiger partial charge in [-0.1, -0.05) is 40.9 Å². The quantitative estimate of drug-likeness (QED) is 0.562. The molecule has 0 aliphatic carbocycles. The predicted molar refractivity (Wildman–Crippen MR) is 123 cm³/mol. The number of amides is 1. The maximum atomic E-state index is 13.1. The second-order valence-electron chi connectivity index (χ2n) is 7.40. The zero-order valence-electron chi connectivity index (χ0n) is 16.7. The van der Waals surface area contributed by atoms with Crippen molar-refractivity contribution in [2.45, 2.75) is 5.92 Å². The van der Waals surface area contributed by atoms with Crippen LogP contribution in [0.15, 0.2) is 48.9 Å². The Hall–Kier alpha value is -2.92. The number of hydrogen-bond acceptors (Lipinski definition) is 6. The molecule has 3 aromatic rings. The molecular weight excluding hydrogens is 471 g/mol. The van der Waals surface area contributed by atoms with Gasteiger partial charge in [0.05, 0.1) is 33.0 Å². The van der Waals surface area contributed by atoms with Gasteiger partial charge >= 0.3 is 0 Å². The van der Waals surface area contributed by atoms with Crippen LogP contribution in [0.3, 0.4) is 0 Å². The Balaban J connectivity index is 1.56. The summed E-state index contributed by atoms with van der Waals surface area (Å²) in [5.74, 6) is 0.419. The molecule has 1 fully saturated rings. The third-order valence-corrected chi connectivity index (χ3v) is 6.30. The van der Waals surface area contributed by atoms with Crippen molar-refractivity contribution in [3.63, 3.8) is 0 Å². The molecule has 162 valence electrons. The number of carbonyl (C=O) groups excluding carboxylic acids is 1. The minimum atomic E-state index is -0.141. The highest BCUT2D eigenvalue weighted by Crippen LogP contribution is 2.36. The molecule has 1 N–H and O–H groups in total. The summed E-state index contributed by atoms with van der Waals surface area (Å²) in [4.78, 5) is 27.2. The number of benzene rings is 1. The van der Waals surface area contributed by atoms with Gasteiger partial charge in [-0.05, 0) is 29.8 Å². The molecule has 1 amide bonds. The number of likely N-dealkylation sites (tertiary alicyclic amines) is 1. The Bertz CT molecular complexity index is 1160. The summed E-state index contributed by atoms with van der Waals surface area (Å²) in [7, 11) is 0. The van der Waals surface area contributed by atoms with E-state index >= 15 is 0 Å². The van der Waals surface area contributed by atoms with Gasteiger partial charge in [-0.3, -0.25) is 4.79 Å². The van der Waals surface area contributed by atoms with E-state index in [1.165, 1.54) is 24.7 Å². The van der Waals surface area contributed by atoms with Crippen LogP contribution in [0, 0.1) is 17.2 Å². The first-order valence-corrected chi connectivity index (χ1v) is 10.9. The van der Waals surface area contributed by atoms with Crippen molar-refractivity contribution in [1.29, 1.82) is 5.26 Å². The lowest BCUT2D eigenvalue weighted by Gasteiger charge is -2.19. The SMILES string of the molecule is N#Cc1ccc(C(=O)N2CC(c3ccc(Cl)c(Cl)c3)[C@@H](CNc3ncc(Cl)cn3)C2)cn1. The van der Waals surface area contributed by atoms with Gasteiger partial charge in [0.25, 0.3) is 5.91 Å². The van der Waals surface area contributed by atoms with Crippen LogP contribution in [-0.4, -0.2) is 45.4 Å². The van der Waals surface area contributed by atoms with E-state index in [9.17, 15) is 4.79 Å². The summed E-state index contributed by atoms with van der Waals surface area (Å²) in [6.45, 7) is 1.57. The van der Waals surface area contributed by atoms with Crippen LogP contribution in [0.25, 0.3) is 0 Å². The van der Waals surface area contributed by atoms with Crippen LogP contribution in [0.5, 0.6) is 0 Å². The van der Waals surface area contributed by atoms with E-state index in [-0.39, 0.29) is 23.4 Å². The van der Waals surface area contributed by atoms with E-state index in [0.717, 1.165) is 5.56 Å². The van der Waals surface area contributed by atoms with E-state index in [2.05, 4.69) is 20.3 Å². The number of aromatic nitrogens is 3. The van der Waals surface area contributed by atoms with Gasteiger partial charge < -0.3 is 10.2 Å². The first kappa shape index (κ1) is 22.3. The molecule has 1 unspecified atom stereocenters. The second kappa shape index (κ2) is 9.70. The number of hydrogen-bond donors (Lipinski definition) is 1.